The van der Waals surface area contributed by atoms with Gasteiger partial charge in [-0.05, 0) is 31.9 Å². The molecule has 1 aromatic carbocycles. The predicted octanol–water partition coefficient (Wildman–Crippen LogP) is 2.88. The molecule has 1 saturated heterocycles. The largest absolute Gasteiger partial charge is 0.395 e. The van der Waals surface area contributed by atoms with Gasteiger partial charge in [0.25, 0.3) is 0 Å². The van der Waals surface area contributed by atoms with Gasteiger partial charge in [0, 0.05) is 19.7 Å². The molecule has 5 heteroatoms. The molecule has 1 fully saturated rings. The van der Waals surface area contributed by atoms with Crippen molar-refractivity contribution in [2.24, 2.45) is 0 Å². The zero-order valence-electron chi connectivity index (χ0n) is 11.1. The Morgan fingerprint density at radius 3 is 2.95 bits per heavy atom. The summed E-state index contributed by atoms with van der Waals surface area (Å²) in [5, 5.41) is 0. The Kier molecular flexibility index (Phi) is 3.57. The van der Waals surface area contributed by atoms with E-state index in [1.807, 2.05) is 5.51 Å². The second-order valence-electron chi connectivity index (χ2n) is 4.84. The maximum Gasteiger partial charge on any atom is 0.106 e. The molecule has 4 nitrogen and oxygen atoms in total. The lowest BCUT2D eigenvalue weighted by Crippen LogP contribution is -2.37. The number of piperidine rings is 1. The van der Waals surface area contributed by atoms with Crippen LogP contribution in [0.4, 0.5) is 11.4 Å². The Morgan fingerprint density at radius 1 is 1.42 bits per heavy atom. The molecule has 0 saturated carbocycles. The predicted molar refractivity (Wildman–Crippen MR) is 80.9 cm³/mol. The highest BCUT2D eigenvalue weighted by atomic mass is 32.1. The minimum atomic E-state index is 0.408. The number of aromatic nitrogens is 1. The average Bonchev–Trinajstić information content (AvgIpc) is 2.90. The Morgan fingerprint density at radius 2 is 2.21 bits per heavy atom. The van der Waals surface area contributed by atoms with Gasteiger partial charge in [0.1, 0.15) is 5.52 Å². The van der Waals surface area contributed by atoms with E-state index in [0.29, 0.717) is 6.10 Å². The van der Waals surface area contributed by atoms with Crippen molar-refractivity contribution in [2.75, 3.05) is 30.3 Å². The summed E-state index contributed by atoms with van der Waals surface area (Å²) in [5.74, 6) is 0. The first-order valence-electron chi connectivity index (χ1n) is 6.78. The van der Waals surface area contributed by atoms with Crippen LogP contribution < -0.4 is 10.6 Å². The molecule has 1 aromatic heterocycles. The monoisotopic (exact) mass is 277 g/mol. The second kappa shape index (κ2) is 5.35. The van der Waals surface area contributed by atoms with E-state index in [1.165, 1.54) is 0 Å². The highest BCUT2D eigenvalue weighted by Crippen LogP contribution is 2.34. The average molecular weight is 277 g/mol. The standard InChI is InChI=1S/C14H19N3OS/c1-2-18-10-5-7-17(8-6-10)11-3-4-12-14(13(11)15)16-9-19-12/h3-4,9-10H,2,5-8,15H2,1H3. The van der Waals surface area contributed by atoms with E-state index in [0.717, 1.165) is 54.1 Å². The van der Waals surface area contributed by atoms with Crippen molar-refractivity contribution in [3.8, 4) is 0 Å². The van der Waals surface area contributed by atoms with Crippen molar-refractivity contribution in [2.45, 2.75) is 25.9 Å². The van der Waals surface area contributed by atoms with Gasteiger partial charge < -0.3 is 15.4 Å². The summed E-state index contributed by atoms with van der Waals surface area (Å²) in [6.07, 6.45) is 2.55. The van der Waals surface area contributed by atoms with Crippen LogP contribution in [0.5, 0.6) is 0 Å². The molecule has 3 rings (SSSR count). The van der Waals surface area contributed by atoms with Crippen molar-refractivity contribution in [3.05, 3.63) is 17.6 Å². The van der Waals surface area contributed by atoms with Crippen molar-refractivity contribution < 1.29 is 4.74 Å². The number of hydrogen-bond donors (Lipinski definition) is 1. The van der Waals surface area contributed by atoms with Gasteiger partial charge in [0.05, 0.1) is 27.7 Å². The normalized spacial score (nSPS) is 17.2. The van der Waals surface area contributed by atoms with Gasteiger partial charge in [-0.15, -0.1) is 11.3 Å². The topological polar surface area (TPSA) is 51.4 Å². The van der Waals surface area contributed by atoms with Gasteiger partial charge in [0.15, 0.2) is 0 Å². The zero-order chi connectivity index (χ0) is 13.2. The number of rotatable bonds is 3. The molecule has 0 aliphatic carbocycles. The van der Waals surface area contributed by atoms with Gasteiger partial charge in [-0.1, -0.05) is 0 Å². The fourth-order valence-corrected chi connectivity index (χ4v) is 3.41. The number of nitrogen functional groups attached to an aromatic ring is 1. The van der Waals surface area contributed by atoms with Gasteiger partial charge in [0.2, 0.25) is 0 Å². The lowest BCUT2D eigenvalue weighted by molar-refractivity contribution is 0.0459. The van der Waals surface area contributed by atoms with E-state index in [-0.39, 0.29) is 0 Å². The lowest BCUT2D eigenvalue weighted by Gasteiger charge is -2.34. The first-order chi connectivity index (χ1) is 9.29. The fourth-order valence-electron chi connectivity index (χ4n) is 2.72. The first-order valence-corrected chi connectivity index (χ1v) is 7.65. The summed E-state index contributed by atoms with van der Waals surface area (Å²) < 4.78 is 6.84. The maximum atomic E-state index is 6.26. The van der Waals surface area contributed by atoms with Gasteiger partial charge in [-0.3, -0.25) is 0 Å². The molecule has 2 N–H and O–H groups in total. The third-order valence-electron chi connectivity index (χ3n) is 3.70. The van der Waals surface area contributed by atoms with Crippen molar-refractivity contribution in [3.63, 3.8) is 0 Å². The minimum absolute atomic E-state index is 0.408. The third kappa shape index (κ3) is 2.40. The number of nitrogens with two attached hydrogens (primary N) is 1. The molecule has 2 heterocycles. The molecular formula is C14H19N3OS. The Labute approximate surface area is 117 Å². The molecule has 1 aliphatic heterocycles. The van der Waals surface area contributed by atoms with Crippen molar-refractivity contribution in [1.82, 2.24) is 4.98 Å². The number of benzene rings is 1. The number of nitrogens with zero attached hydrogens (tertiary/aromatic N) is 2. The van der Waals surface area contributed by atoms with Crippen LogP contribution in [0, 0.1) is 0 Å². The molecule has 2 aromatic rings. The van der Waals surface area contributed by atoms with Crippen LogP contribution in [0.2, 0.25) is 0 Å². The zero-order valence-corrected chi connectivity index (χ0v) is 11.9. The minimum Gasteiger partial charge on any atom is -0.395 e. The van der Waals surface area contributed by atoms with Gasteiger partial charge >= 0.3 is 0 Å². The number of hydrogen-bond acceptors (Lipinski definition) is 5. The van der Waals surface area contributed by atoms with Crippen LogP contribution in [-0.2, 0) is 4.74 Å². The van der Waals surface area contributed by atoms with Crippen molar-refractivity contribution >= 4 is 32.9 Å². The second-order valence-corrected chi connectivity index (χ2v) is 5.73. The molecule has 0 atom stereocenters. The molecule has 0 amide bonds. The quantitative estimate of drug-likeness (QED) is 0.876. The Balaban J connectivity index is 1.79. The van der Waals surface area contributed by atoms with E-state index in [2.05, 4.69) is 28.9 Å². The summed E-state index contributed by atoms with van der Waals surface area (Å²) in [7, 11) is 0. The molecule has 0 spiro atoms. The van der Waals surface area contributed by atoms with Crippen LogP contribution in [-0.4, -0.2) is 30.8 Å². The van der Waals surface area contributed by atoms with Crippen LogP contribution in [0.3, 0.4) is 0 Å². The summed E-state index contributed by atoms with van der Waals surface area (Å²) in [4.78, 5) is 6.71. The maximum absolute atomic E-state index is 6.26. The van der Waals surface area contributed by atoms with Gasteiger partial charge in [-0.25, -0.2) is 4.98 Å². The Bertz CT molecular complexity index is 561. The number of thiazole rings is 1. The van der Waals surface area contributed by atoms with Gasteiger partial charge in [-0.2, -0.15) is 0 Å². The Hall–Kier alpha value is -1.33. The summed E-state index contributed by atoms with van der Waals surface area (Å²) >= 11 is 1.63. The van der Waals surface area contributed by atoms with Crippen LogP contribution in [0.25, 0.3) is 10.2 Å². The summed E-state index contributed by atoms with van der Waals surface area (Å²) in [6.45, 7) is 4.87. The summed E-state index contributed by atoms with van der Waals surface area (Å²) in [5.41, 5.74) is 11.0. The van der Waals surface area contributed by atoms with Crippen LogP contribution in [0.15, 0.2) is 17.6 Å². The van der Waals surface area contributed by atoms with E-state index in [4.69, 9.17) is 10.5 Å². The highest BCUT2D eigenvalue weighted by molar-refractivity contribution is 7.16. The molecule has 0 unspecified atom stereocenters. The number of anilines is 2. The van der Waals surface area contributed by atoms with Crippen LogP contribution in [0.1, 0.15) is 19.8 Å². The molecule has 0 radical (unpaired) electrons. The molecule has 102 valence electrons. The van der Waals surface area contributed by atoms with E-state index >= 15 is 0 Å². The molecule has 19 heavy (non-hydrogen) atoms. The molecular weight excluding hydrogens is 258 g/mol. The van der Waals surface area contributed by atoms with E-state index < -0.39 is 0 Å². The highest BCUT2D eigenvalue weighted by Gasteiger charge is 2.21. The number of ether oxygens (including phenoxy) is 1. The summed E-state index contributed by atoms with van der Waals surface area (Å²) in [6, 6.07) is 4.24. The fraction of sp³-hybridized carbons (Fsp3) is 0.500. The lowest BCUT2D eigenvalue weighted by atomic mass is 10.1. The van der Waals surface area contributed by atoms with Crippen LogP contribution >= 0.6 is 11.3 Å². The number of fused-ring (bicyclic) bond motifs is 1. The third-order valence-corrected chi connectivity index (χ3v) is 4.50. The van der Waals surface area contributed by atoms with E-state index in [9.17, 15) is 0 Å². The first kappa shape index (κ1) is 12.7. The SMILES string of the molecule is CCOC1CCN(c2ccc3scnc3c2N)CC1. The van der Waals surface area contributed by atoms with Crippen molar-refractivity contribution in [1.29, 1.82) is 0 Å². The van der Waals surface area contributed by atoms with E-state index in [1.54, 1.807) is 11.3 Å². The molecule has 0 bridgehead atoms. The smallest absolute Gasteiger partial charge is 0.106 e. The molecule has 1 aliphatic rings.